The second kappa shape index (κ2) is 9.46. The number of pyridine rings is 1. The third-order valence-electron chi connectivity index (χ3n) is 4.95. The lowest BCUT2D eigenvalue weighted by atomic mass is 10.1. The highest BCUT2D eigenvalue weighted by atomic mass is 79.9. The molecule has 176 valence electrons. The molecule has 1 aliphatic rings. The molecule has 4 rings (SSSR count). The maximum Gasteiger partial charge on any atom is 0.415 e. The summed E-state index contributed by atoms with van der Waals surface area (Å²) in [7, 11) is 0. The number of aromatic nitrogens is 1. The number of ether oxygens (including phenoxy) is 2. The highest BCUT2D eigenvalue weighted by molar-refractivity contribution is 9.10. The lowest BCUT2D eigenvalue weighted by Gasteiger charge is -2.27. The van der Waals surface area contributed by atoms with E-state index in [4.69, 9.17) is 21.1 Å². The van der Waals surface area contributed by atoms with Crippen LogP contribution in [0.2, 0.25) is 5.15 Å². The number of fused-ring (bicyclic) bond motifs is 1. The monoisotopic (exact) mass is 573 g/mol. The first-order chi connectivity index (χ1) is 15.5. The second-order valence-corrected chi connectivity index (χ2v) is 11.8. The molecule has 2 atom stereocenters. The minimum absolute atomic E-state index is 0.195. The van der Waals surface area contributed by atoms with E-state index in [9.17, 15) is 14.9 Å². The Kier molecular flexibility index (Phi) is 6.97. The fourth-order valence-electron chi connectivity index (χ4n) is 3.56. The van der Waals surface area contributed by atoms with Crippen LogP contribution in [-0.4, -0.2) is 34.3 Å². The summed E-state index contributed by atoms with van der Waals surface area (Å²) in [4.78, 5) is 32.1. The zero-order valence-corrected chi connectivity index (χ0v) is 22.0. The Morgan fingerprint density at radius 1 is 1.48 bits per heavy atom. The summed E-state index contributed by atoms with van der Waals surface area (Å²) in [6.45, 7) is 6.00. The van der Waals surface area contributed by atoms with Gasteiger partial charge in [-0.3, -0.25) is 15.0 Å². The lowest BCUT2D eigenvalue weighted by molar-refractivity contribution is -0.528. The number of amides is 1. The number of carbonyl (C=O) groups is 1. The van der Waals surface area contributed by atoms with E-state index in [1.54, 1.807) is 26.8 Å². The third kappa shape index (κ3) is 5.17. The number of hydrogen-bond donors (Lipinski definition) is 0. The van der Waals surface area contributed by atoms with Gasteiger partial charge in [0.05, 0.1) is 38.4 Å². The SMILES string of the molecule is CC(C)(C)OC(=O)N(Cc1cccs1)c1cc(Cl)nc2c(Br)c(C3OCCC3[N+](=O)[O-])sc12. The number of halogens is 2. The molecule has 0 bridgehead atoms. The van der Waals surface area contributed by atoms with Gasteiger partial charge in [0, 0.05) is 22.3 Å². The van der Waals surface area contributed by atoms with Gasteiger partial charge in [-0.25, -0.2) is 9.78 Å². The number of thiophene rings is 2. The van der Waals surface area contributed by atoms with E-state index in [-0.39, 0.29) is 16.6 Å². The van der Waals surface area contributed by atoms with Crippen LogP contribution in [0.4, 0.5) is 10.5 Å². The van der Waals surface area contributed by atoms with Crippen molar-refractivity contribution >= 4 is 72.2 Å². The average molecular weight is 575 g/mol. The number of nitro groups is 1. The van der Waals surface area contributed by atoms with Gasteiger partial charge in [-0.15, -0.1) is 22.7 Å². The van der Waals surface area contributed by atoms with Gasteiger partial charge in [0.25, 0.3) is 0 Å². The molecule has 8 nitrogen and oxygen atoms in total. The van der Waals surface area contributed by atoms with E-state index in [1.807, 2.05) is 17.5 Å². The predicted molar refractivity (Wildman–Crippen MR) is 133 cm³/mol. The number of anilines is 1. The molecule has 1 fully saturated rings. The minimum atomic E-state index is -0.846. The fraction of sp³-hybridized carbons (Fsp3) is 0.429. The maximum absolute atomic E-state index is 13.3. The summed E-state index contributed by atoms with van der Waals surface area (Å²) in [6.07, 6.45) is -0.889. The van der Waals surface area contributed by atoms with Crippen molar-refractivity contribution in [3.05, 3.63) is 53.1 Å². The van der Waals surface area contributed by atoms with Crippen LogP contribution < -0.4 is 4.90 Å². The van der Waals surface area contributed by atoms with Crippen LogP contribution in [0.25, 0.3) is 10.2 Å². The average Bonchev–Trinajstić information content (AvgIpc) is 3.45. The number of rotatable bonds is 5. The minimum Gasteiger partial charge on any atom is -0.443 e. The molecule has 12 heteroatoms. The highest BCUT2D eigenvalue weighted by Gasteiger charge is 2.42. The van der Waals surface area contributed by atoms with Crippen LogP contribution in [0.5, 0.6) is 0 Å². The van der Waals surface area contributed by atoms with E-state index in [0.717, 1.165) is 4.88 Å². The van der Waals surface area contributed by atoms with Gasteiger partial charge in [-0.2, -0.15) is 0 Å². The van der Waals surface area contributed by atoms with Gasteiger partial charge < -0.3 is 9.47 Å². The van der Waals surface area contributed by atoms with Crippen LogP contribution in [-0.2, 0) is 16.0 Å². The van der Waals surface area contributed by atoms with Crippen LogP contribution >= 0.6 is 50.2 Å². The number of carbonyl (C=O) groups excluding carboxylic acids is 1. The maximum atomic E-state index is 13.3. The van der Waals surface area contributed by atoms with Gasteiger partial charge in [-0.1, -0.05) is 17.7 Å². The van der Waals surface area contributed by atoms with Gasteiger partial charge in [-0.05, 0) is 48.1 Å². The molecule has 2 unspecified atom stereocenters. The summed E-state index contributed by atoms with van der Waals surface area (Å²) in [5.41, 5.74) is 0.355. The molecule has 1 amide bonds. The molecule has 1 saturated heterocycles. The molecule has 33 heavy (non-hydrogen) atoms. The first-order valence-electron chi connectivity index (χ1n) is 10.1. The molecule has 4 heterocycles. The molecule has 0 N–H and O–H groups in total. The highest BCUT2D eigenvalue weighted by Crippen LogP contribution is 2.47. The predicted octanol–water partition coefficient (Wildman–Crippen LogP) is 6.82. The van der Waals surface area contributed by atoms with Gasteiger partial charge in [0.2, 0.25) is 6.04 Å². The van der Waals surface area contributed by atoms with Crippen LogP contribution in [0.1, 0.15) is 43.1 Å². The van der Waals surface area contributed by atoms with E-state index < -0.39 is 23.8 Å². The van der Waals surface area contributed by atoms with Crippen molar-refractivity contribution in [3.63, 3.8) is 0 Å². The molecule has 3 aromatic rings. The Labute approximate surface area is 211 Å². The second-order valence-electron chi connectivity index (χ2n) is 8.50. The molecular weight excluding hydrogens is 554 g/mol. The molecule has 3 aromatic heterocycles. The molecule has 0 aliphatic carbocycles. The zero-order valence-electron chi connectivity index (χ0n) is 18.0. The summed E-state index contributed by atoms with van der Waals surface area (Å²) in [5.74, 6) is 0. The van der Waals surface area contributed by atoms with E-state index in [2.05, 4.69) is 20.9 Å². The topological polar surface area (TPSA) is 94.8 Å². The van der Waals surface area contributed by atoms with Crippen molar-refractivity contribution < 1.29 is 19.2 Å². The molecule has 0 radical (unpaired) electrons. The zero-order chi connectivity index (χ0) is 23.9. The summed E-state index contributed by atoms with van der Waals surface area (Å²) in [6, 6.07) is 4.62. The van der Waals surface area contributed by atoms with Crippen molar-refractivity contribution in [2.75, 3.05) is 11.5 Å². The third-order valence-corrected chi connectivity index (χ3v) is 8.33. The van der Waals surface area contributed by atoms with Crippen LogP contribution in [0, 0.1) is 10.1 Å². The molecule has 0 saturated carbocycles. The standard InChI is InChI=1S/C21H21BrClN3O5S2/c1-21(2,3)31-20(27)25(10-11-5-4-8-32-11)13-9-14(23)24-16-15(22)19(33-18(13)16)17-12(26(28)29)6-7-30-17/h4-5,8-9,12,17H,6-7,10H2,1-3H3. The first-order valence-corrected chi connectivity index (χ1v) is 13.0. The smallest absolute Gasteiger partial charge is 0.415 e. The van der Waals surface area contributed by atoms with Crippen molar-refractivity contribution in [2.24, 2.45) is 0 Å². The van der Waals surface area contributed by atoms with Crippen molar-refractivity contribution in [1.29, 1.82) is 0 Å². The summed E-state index contributed by atoms with van der Waals surface area (Å²) in [5, 5.41) is 13.7. The molecular formula is C21H21BrClN3O5S2. The lowest BCUT2D eigenvalue weighted by Crippen LogP contribution is -2.36. The van der Waals surface area contributed by atoms with Gasteiger partial charge in [0.15, 0.2) is 6.10 Å². The van der Waals surface area contributed by atoms with Gasteiger partial charge >= 0.3 is 6.09 Å². The largest absolute Gasteiger partial charge is 0.443 e. The Hall–Kier alpha value is -1.79. The van der Waals surface area contributed by atoms with Gasteiger partial charge in [0.1, 0.15) is 10.8 Å². The fourth-order valence-corrected chi connectivity index (χ4v) is 6.59. The Morgan fingerprint density at radius 3 is 2.88 bits per heavy atom. The van der Waals surface area contributed by atoms with E-state index >= 15 is 0 Å². The van der Waals surface area contributed by atoms with E-state index in [0.29, 0.717) is 38.3 Å². The molecule has 1 aliphatic heterocycles. The Morgan fingerprint density at radius 2 is 2.24 bits per heavy atom. The summed E-state index contributed by atoms with van der Waals surface area (Å²) >= 11 is 12.8. The molecule has 0 aromatic carbocycles. The normalized spacial score (nSPS) is 18.6. The van der Waals surface area contributed by atoms with Crippen molar-refractivity contribution in [3.8, 4) is 0 Å². The van der Waals surface area contributed by atoms with Crippen LogP contribution in [0.3, 0.4) is 0 Å². The van der Waals surface area contributed by atoms with E-state index in [1.165, 1.54) is 27.6 Å². The number of hydrogen-bond acceptors (Lipinski definition) is 8. The first kappa shape index (κ1) is 24.3. The van der Waals surface area contributed by atoms with Crippen LogP contribution in [0.15, 0.2) is 28.1 Å². The summed E-state index contributed by atoms with van der Waals surface area (Å²) < 4.78 is 12.7. The molecule has 0 spiro atoms. The Bertz CT molecular complexity index is 1190. The van der Waals surface area contributed by atoms with Crippen molar-refractivity contribution in [1.82, 2.24) is 4.98 Å². The van der Waals surface area contributed by atoms with Crippen molar-refractivity contribution in [2.45, 2.75) is 51.5 Å². The number of nitrogens with zero attached hydrogens (tertiary/aromatic N) is 3. The quantitative estimate of drug-likeness (QED) is 0.188. The Balaban J connectivity index is 1.84.